The average Bonchev–Trinajstić information content (AvgIpc) is 2.90. The Kier molecular flexibility index (Phi) is 5.65. The number of carbonyl (C=O) groups is 1. The fourth-order valence-electron chi connectivity index (χ4n) is 2.30. The van der Waals surface area contributed by atoms with Crippen LogP contribution in [0.2, 0.25) is 0 Å². The average molecular weight is 447 g/mol. The Hall–Kier alpha value is -2.29. The van der Waals surface area contributed by atoms with E-state index >= 15 is 0 Å². The van der Waals surface area contributed by atoms with Crippen molar-refractivity contribution < 1.29 is 9.72 Å². The number of hydrogen-bond acceptors (Lipinski definition) is 5. The van der Waals surface area contributed by atoms with Crippen LogP contribution in [0.3, 0.4) is 0 Å². The van der Waals surface area contributed by atoms with Crippen LogP contribution < -0.4 is 4.90 Å². The van der Waals surface area contributed by atoms with Gasteiger partial charge in [-0.05, 0) is 45.8 Å². The number of halogens is 1. The van der Waals surface area contributed by atoms with Crippen LogP contribution in [0.5, 0.6) is 0 Å². The molecule has 8 heteroatoms. The Labute approximate surface area is 167 Å². The van der Waals surface area contributed by atoms with Crippen LogP contribution >= 0.6 is 39.9 Å². The number of nitro benzene ring substituents is 1. The highest BCUT2D eigenvalue weighted by Gasteiger charge is 2.32. The zero-order valence-corrected chi connectivity index (χ0v) is 16.4. The van der Waals surface area contributed by atoms with Crippen molar-refractivity contribution in [2.45, 2.75) is 0 Å². The van der Waals surface area contributed by atoms with Gasteiger partial charge in [-0.1, -0.05) is 60.4 Å². The molecule has 0 saturated carbocycles. The van der Waals surface area contributed by atoms with Gasteiger partial charge in [0, 0.05) is 6.07 Å². The summed E-state index contributed by atoms with van der Waals surface area (Å²) in [6.45, 7) is 0. The largest absolute Gasteiger partial charge is 0.284 e. The minimum Gasteiger partial charge on any atom is -0.268 e. The van der Waals surface area contributed by atoms with E-state index in [-0.39, 0.29) is 11.6 Å². The van der Waals surface area contributed by atoms with Gasteiger partial charge in [-0.15, -0.1) is 0 Å². The third-order valence-electron chi connectivity index (χ3n) is 3.51. The van der Waals surface area contributed by atoms with Gasteiger partial charge in [-0.2, -0.15) is 0 Å². The monoisotopic (exact) mass is 446 g/mol. The Balaban J connectivity index is 1.80. The molecule has 1 aliphatic heterocycles. The van der Waals surface area contributed by atoms with E-state index in [2.05, 4.69) is 15.9 Å². The van der Waals surface area contributed by atoms with Crippen molar-refractivity contribution in [3.8, 4) is 0 Å². The van der Waals surface area contributed by atoms with Gasteiger partial charge in [0.1, 0.15) is 0 Å². The van der Waals surface area contributed by atoms with E-state index in [1.165, 1.54) is 22.7 Å². The number of anilines is 1. The first-order valence-electron chi connectivity index (χ1n) is 7.41. The molecule has 0 N–H and O–H groups in total. The SMILES string of the molecule is O=C1/C(=C\C=C\c2ccc(Br)c([N+](=O)[O-])c2)SC(=S)N1c1ccccc1. The zero-order valence-electron chi connectivity index (χ0n) is 13.2. The quantitative estimate of drug-likeness (QED) is 0.275. The van der Waals surface area contributed by atoms with Crippen molar-refractivity contribution in [2.75, 3.05) is 4.90 Å². The molecule has 0 atom stereocenters. The molecule has 0 radical (unpaired) electrons. The molecule has 2 aromatic carbocycles. The summed E-state index contributed by atoms with van der Waals surface area (Å²) >= 11 is 9.68. The summed E-state index contributed by atoms with van der Waals surface area (Å²) in [4.78, 5) is 25.1. The second-order valence-electron chi connectivity index (χ2n) is 5.20. The minimum atomic E-state index is -0.452. The molecule has 2 aromatic rings. The van der Waals surface area contributed by atoms with Crippen LogP contribution in [-0.4, -0.2) is 15.2 Å². The molecule has 26 heavy (non-hydrogen) atoms. The minimum absolute atomic E-state index is 0.0115. The molecular formula is C18H11BrN2O3S2. The van der Waals surface area contributed by atoms with Crippen molar-refractivity contribution >= 4 is 67.6 Å². The molecule has 5 nitrogen and oxygen atoms in total. The molecule has 130 valence electrons. The number of thiocarbonyl (C=S) groups is 1. The van der Waals surface area contributed by atoms with Gasteiger partial charge in [-0.3, -0.25) is 19.8 Å². The van der Waals surface area contributed by atoms with Gasteiger partial charge in [0.25, 0.3) is 11.6 Å². The molecule has 0 bridgehead atoms. The van der Waals surface area contributed by atoms with Gasteiger partial charge < -0.3 is 0 Å². The molecule has 1 amide bonds. The second-order valence-corrected chi connectivity index (χ2v) is 7.73. The number of carbonyl (C=O) groups excluding carboxylic acids is 1. The number of rotatable bonds is 4. The molecule has 0 aromatic heterocycles. The third-order valence-corrected chi connectivity index (χ3v) is 5.50. The summed E-state index contributed by atoms with van der Waals surface area (Å²) in [5.41, 5.74) is 1.38. The van der Waals surface area contributed by atoms with Crippen LogP contribution in [0.4, 0.5) is 11.4 Å². The Morgan fingerprint density at radius 2 is 1.92 bits per heavy atom. The Bertz CT molecular complexity index is 958. The molecule has 3 rings (SSSR count). The van der Waals surface area contributed by atoms with Crippen LogP contribution in [0.15, 0.2) is 70.1 Å². The van der Waals surface area contributed by atoms with Crippen molar-refractivity contribution in [1.82, 2.24) is 0 Å². The maximum atomic E-state index is 12.6. The second kappa shape index (κ2) is 7.94. The lowest BCUT2D eigenvalue weighted by atomic mass is 10.2. The Morgan fingerprint density at radius 1 is 1.19 bits per heavy atom. The topological polar surface area (TPSA) is 63.4 Å². The van der Waals surface area contributed by atoms with Crippen molar-refractivity contribution in [3.63, 3.8) is 0 Å². The summed E-state index contributed by atoms with van der Waals surface area (Å²) in [7, 11) is 0. The smallest absolute Gasteiger partial charge is 0.268 e. The molecule has 1 heterocycles. The number of amides is 1. The molecule has 0 unspecified atom stereocenters. The van der Waals surface area contributed by atoms with Crippen LogP contribution in [0, 0.1) is 10.1 Å². The molecule has 0 aliphatic carbocycles. The molecule has 1 fully saturated rings. The van der Waals surface area contributed by atoms with E-state index in [1.807, 2.05) is 30.3 Å². The van der Waals surface area contributed by atoms with Crippen LogP contribution in [-0.2, 0) is 4.79 Å². The van der Waals surface area contributed by atoms with Crippen LogP contribution in [0.1, 0.15) is 5.56 Å². The summed E-state index contributed by atoms with van der Waals surface area (Å²) in [6.07, 6.45) is 5.05. The highest BCUT2D eigenvalue weighted by molar-refractivity contribution is 9.10. The van der Waals surface area contributed by atoms with Gasteiger partial charge >= 0.3 is 0 Å². The number of benzene rings is 2. The fraction of sp³-hybridized carbons (Fsp3) is 0. The summed E-state index contributed by atoms with van der Waals surface area (Å²) in [5.74, 6) is -0.183. The highest BCUT2D eigenvalue weighted by atomic mass is 79.9. The number of allylic oxidation sites excluding steroid dienone is 2. The van der Waals surface area contributed by atoms with E-state index in [0.717, 1.165) is 5.69 Å². The number of thioether (sulfide) groups is 1. The lowest BCUT2D eigenvalue weighted by Crippen LogP contribution is -2.27. The maximum absolute atomic E-state index is 12.6. The van der Waals surface area contributed by atoms with Crippen molar-refractivity contribution in [1.29, 1.82) is 0 Å². The van der Waals surface area contributed by atoms with E-state index < -0.39 is 4.92 Å². The number of para-hydroxylation sites is 1. The molecule has 0 spiro atoms. The van der Waals surface area contributed by atoms with Crippen molar-refractivity contribution in [3.05, 3.63) is 85.7 Å². The number of nitrogens with zero attached hydrogens (tertiary/aromatic N) is 2. The first-order chi connectivity index (χ1) is 12.5. The fourth-order valence-corrected chi connectivity index (χ4v) is 3.94. The van der Waals surface area contributed by atoms with Gasteiger partial charge in [0.05, 0.1) is 20.0 Å². The zero-order chi connectivity index (χ0) is 18.7. The molecular weight excluding hydrogens is 436 g/mol. The van der Waals surface area contributed by atoms with Crippen molar-refractivity contribution in [2.24, 2.45) is 0 Å². The van der Waals surface area contributed by atoms with E-state index in [4.69, 9.17) is 12.2 Å². The predicted octanol–water partition coefficient (Wildman–Crippen LogP) is 5.32. The lowest BCUT2D eigenvalue weighted by Gasteiger charge is -2.13. The van der Waals surface area contributed by atoms with Gasteiger partial charge in [-0.25, -0.2) is 0 Å². The van der Waals surface area contributed by atoms with E-state index in [1.54, 1.807) is 30.4 Å². The summed E-state index contributed by atoms with van der Waals surface area (Å²) in [5, 5.41) is 11.0. The third kappa shape index (κ3) is 3.92. The highest BCUT2D eigenvalue weighted by Crippen LogP contribution is 2.34. The normalized spacial score (nSPS) is 16.0. The van der Waals surface area contributed by atoms with Gasteiger partial charge in [0.15, 0.2) is 4.32 Å². The summed E-state index contributed by atoms with van der Waals surface area (Å²) in [6, 6.07) is 14.0. The number of nitro groups is 1. The predicted molar refractivity (Wildman–Crippen MR) is 112 cm³/mol. The van der Waals surface area contributed by atoms with E-state index in [9.17, 15) is 14.9 Å². The van der Waals surface area contributed by atoms with Gasteiger partial charge in [0.2, 0.25) is 0 Å². The summed E-state index contributed by atoms with van der Waals surface area (Å²) < 4.78 is 0.892. The maximum Gasteiger partial charge on any atom is 0.284 e. The number of hydrogen-bond donors (Lipinski definition) is 0. The standard InChI is InChI=1S/C18H11BrN2O3S2/c19-14-10-9-12(11-15(14)21(23)24)5-4-8-16-17(22)20(18(25)26-16)13-6-2-1-3-7-13/h1-11H/b5-4+,16-8+. The first-order valence-corrected chi connectivity index (χ1v) is 9.43. The molecule has 1 saturated heterocycles. The van der Waals surface area contributed by atoms with E-state index in [0.29, 0.717) is 19.3 Å². The lowest BCUT2D eigenvalue weighted by molar-refractivity contribution is -0.385. The first kappa shape index (κ1) is 18.5. The Morgan fingerprint density at radius 3 is 2.62 bits per heavy atom. The van der Waals surface area contributed by atoms with Crippen LogP contribution in [0.25, 0.3) is 6.08 Å². The molecule has 1 aliphatic rings.